The van der Waals surface area contributed by atoms with Crippen LogP contribution in [0.5, 0.6) is 0 Å². The Labute approximate surface area is 193 Å². The van der Waals surface area contributed by atoms with Crippen LogP contribution in [0.1, 0.15) is 61.1 Å². The van der Waals surface area contributed by atoms with E-state index in [-0.39, 0.29) is 23.8 Å². The first-order valence-electron chi connectivity index (χ1n) is 11.1. The van der Waals surface area contributed by atoms with Crippen LogP contribution in [0.4, 0.5) is 9.80 Å². The number of nitrogens with zero attached hydrogens (tertiary/aromatic N) is 3. The zero-order chi connectivity index (χ0) is 23.1. The van der Waals surface area contributed by atoms with Crippen LogP contribution in [-0.4, -0.2) is 41.6 Å². The second-order valence-electron chi connectivity index (χ2n) is 8.12. The predicted octanol–water partition coefficient (Wildman–Crippen LogP) is 4.73. The highest BCUT2D eigenvalue weighted by atomic mass is 32.1. The summed E-state index contributed by atoms with van der Waals surface area (Å²) in [6.07, 6.45) is 5.89. The Morgan fingerprint density at radius 3 is 2.84 bits per heavy atom. The maximum atomic E-state index is 12.6. The largest absolute Gasteiger partial charge is 0.449 e. The van der Waals surface area contributed by atoms with E-state index in [2.05, 4.69) is 16.4 Å². The van der Waals surface area contributed by atoms with Crippen LogP contribution < -0.4 is 5.32 Å². The molecular formula is C24H30N4O3S. The number of ether oxygens (including phenoxy) is 1. The Balaban J connectivity index is 1.62. The van der Waals surface area contributed by atoms with E-state index in [0.717, 1.165) is 35.3 Å². The molecule has 2 heterocycles. The fourth-order valence-corrected chi connectivity index (χ4v) is 5.33. The van der Waals surface area contributed by atoms with Crippen molar-refractivity contribution in [2.75, 3.05) is 25.0 Å². The minimum absolute atomic E-state index is 0.0358. The summed E-state index contributed by atoms with van der Waals surface area (Å²) in [6.45, 7) is 7.48. The molecule has 170 valence electrons. The van der Waals surface area contributed by atoms with Gasteiger partial charge in [-0.05, 0) is 62.1 Å². The van der Waals surface area contributed by atoms with E-state index in [1.54, 1.807) is 17.3 Å². The number of hydrogen-bond donors (Lipinski definition) is 1. The lowest BCUT2D eigenvalue weighted by Gasteiger charge is -2.24. The maximum absolute atomic E-state index is 12.6. The van der Waals surface area contributed by atoms with Gasteiger partial charge in [-0.25, -0.2) is 4.79 Å². The third-order valence-corrected chi connectivity index (χ3v) is 7.11. The van der Waals surface area contributed by atoms with E-state index in [1.165, 1.54) is 11.3 Å². The maximum Gasteiger partial charge on any atom is 0.409 e. The van der Waals surface area contributed by atoms with Crippen molar-refractivity contribution in [2.24, 2.45) is 5.92 Å². The third-order valence-electron chi connectivity index (χ3n) is 5.94. The van der Waals surface area contributed by atoms with Gasteiger partial charge in [-0.2, -0.15) is 5.26 Å². The molecule has 2 aromatic heterocycles. The van der Waals surface area contributed by atoms with Crippen LogP contribution in [0.15, 0.2) is 24.5 Å². The Bertz CT molecular complexity index is 979. The number of carbonyl (C=O) groups is 2. The lowest BCUT2D eigenvalue weighted by molar-refractivity contribution is -0.116. The lowest BCUT2D eigenvalue weighted by Crippen LogP contribution is -2.33. The highest BCUT2D eigenvalue weighted by Crippen LogP contribution is 2.39. The average Bonchev–Trinajstić information content (AvgIpc) is 3.14. The van der Waals surface area contributed by atoms with Crippen molar-refractivity contribution in [1.82, 2.24) is 9.88 Å². The highest BCUT2D eigenvalue weighted by molar-refractivity contribution is 7.16. The van der Waals surface area contributed by atoms with Gasteiger partial charge in [0.25, 0.3) is 0 Å². The van der Waals surface area contributed by atoms with Crippen LogP contribution in [0, 0.1) is 17.2 Å². The highest BCUT2D eigenvalue weighted by Gasteiger charge is 2.28. The first kappa shape index (κ1) is 23.7. The molecule has 8 heteroatoms. The number of amides is 2. The van der Waals surface area contributed by atoms with E-state index in [9.17, 15) is 14.9 Å². The van der Waals surface area contributed by atoms with E-state index in [0.29, 0.717) is 36.7 Å². The normalized spacial score (nSPS) is 15.9. The number of hydrogen-bond acceptors (Lipinski definition) is 6. The van der Waals surface area contributed by atoms with Crippen molar-refractivity contribution >= 4 is 28.3 Å². The van der Waals surface area contributed by atoms with Crippen LogP contribution >= 0.6 is 11.3 Å². The SMILES string of the molecule is CCN(CC)C(=O)OCC1CCc2c(sc(NC(=O)CC(C)c3cccnc3)c2C#N)C1. The second kappa shape index (κ2) is 11.1. The standard InChI is InChI=1S/C24H30N4O3S/c1-4-28(5-2)24(30)31-15-17-8-9-19-20(13-25)23(32-21(19)12-17)27-22(29)11-16(3)18-7-6-10-26-14-18/h6-7,10,14,16-17H,4-5,8-9,11-12,15H2,1-3H3,(H,27,29). The molecular weight excluding hydrogens is 424 g/mol. The summed E-state index contributed by atoms with van der Waals surface area (Å²) in [5.41, 5.74) is 2.61. The fourth-order valence-electron chi connectivity index (χ4n) is 4.01. The zero-order valence-corrected chi connectivity index (χ0v) is 19.7. The van der Waals surface area contributed by atoms with E-state index < -0.39 is 0 Å². The zero-order valence-electron chi connectivity index (χ0n) is 18.9. The monoisotopic (exact) mass is 454 g/mol. The topological polar surface area (TPSA) is 95.3 Å². The van der Waals surface area contributed by atoms with E-state index >= 15 is 0 Å². The van der Waals surface area contributed by atoms with Crippen LogP contribution in [-0.2, 0) is 22.4 Å². The molecule has 0 saturated carbocycles. The van der Waals surface area contributed by atoms with Crippen molar-refractivity contribution in [3.63, 3.8) is 0 Å². The van der Waals surface area contributed by atoms with Crippen LogP contribution in [0.3, 0.4) is 0 Å². The van der Waals surface area contributed by atoms with E-state index in [4.69, 9.17) is 4.74 Å². The average molecular weight is 455 g/mol. The Hall–Kier alpha value is -2.92. The smallest absolute Gasteiger partial charge is 0.409 e. The van der Waals surface area contributed by atoms with Gasteiger partial charge in [0, 0.05) is 36.8 Å². The summed E-state index contributed by atoms with van der Waals surface area (Å²) in [5.74, 6) is 0.149. The summed E-state index contributed by atoms with van der Waals surface area (Å²) in [6, 6.07) is 6.11. The van der Waals surface area contributed by atoms with Gasteiger partial charge in [0.15, 0.2) is 0 Å². The number of nitriles is 1. The van der Waals surface area contributed by atoms with Crippen LogP contribution in [0.2, 0.25) is 0 Å². The predicted molar refractivity (Wildman–Crippen MR) is 125 cm³/mol. The summed E-state index contributed by atoms with van der Waals surface area (Å²) < 4.78 is 5.51. The molecule has 0 saturated heterocycles. The van der Waals surface area contributed by atoms with Gasteiger partial charge in [-0.3, -0.25) is 9.78 Å². The van der Waals surface area contributed by atoms with Gasteiger partial charge in [0.1, 0.15) is 11.1 Å². The van der Waals surface area contributed by atoms with Gasteiger partial charge < -0.3 is 15.0 Å². The Kier molecular flexibility index (Phi) is 8.23. The molecule has 2 amide bonds. The second-order valence-corrected chi connectivity index (χ2v) is 9.22. The summed E-state index contributed by atoms with van der Waals surface area (Å²) >= 11 is 1.47. The first-order valence-corrected chi connectivity index (χ1v) is 11.9. The first-order chi connectivity index (χ1) is 15.5. The van der Waals surface area contributed by atoms with E-state index in [1.807, 2.05) is 32.9 Å². The number of rotatable bonds is 8. The molecule has 0 aromatic carbocycles. The molecule has 1 N–H and O–H groups in total. The van der Waals surface area contributed by atoms with Crippen molar-refractivity contribution in [2.45, 2.75) is 52.4 Å². The number of nitrogens with one attached hydrogen (secondary N) is 1. The molecule has 1 aliphatic carbocycles. The molecule has 1 aliphatic rings. The molecule has 0 spiro atoms. The molecule has 0 radical (unpaired) electrons. The van der Waals surface area contributed by atoms with Gasteiger partial charge in [0.2, 0.25) is 5.91 Å². The van der Waals surface area contributed by atoms with Gasteiger partial charge in [0.05, 0.1) is 12.2 Å². The molecule has 2 unspecified atom stereocenters. The minimum Gasteiger partial charge on any atom is -0.449 e. The number of anilines is 1. The molecule has 7 nitrogen and oxygen atoms in total. The molecule has 2 aromatic rings. The van der Waals surface area contributed by atoms with Crippen LogP contribution in [0.25, 0.3) is 0 Å². The lowest BCUT2D eigenvalue weighted by atomic mass is 9.88. The van der Waals surface area contributed by atoms with Gasteiger partial charge in [-0.15, -0.1) is 11.3 Å². The fraction of sp³-hybridized carbons (Fsp3) is 0.500. The van der Waals surface area contributed by atoms with Crippen molar-refractivity contribution in [3.8, 4) is 6.07 Å². The summed E-state index contributed by atoms with van der Waals surface area (Å²) in [7, 11) is 0. The Morgan fingerprint density at radius 1 is 1.41 bits per heavy atom. The number of aromatic nitrogens is 1. The summed E-state index contributed by atoms with van der Waals surface area (Å²) in [4.78, 5) is 31.6. The molecule has 0 aliphatic heterocycles. The number of fused-ring (bicyclic) bond motifs is 1. The van der Waals surface area contributed by atoms with Gasteiger partial charge in [-0.1, -0.05) is 13.0 Å². The third kappa shape index (κ3) is 5.65. The molecule has 32 heavy (non-hydrogen) atoms. The Morgan fingerprint density at radius 2 is 2.19 bits per heavy atom. The molecule has 0 fully saturated rings. The van der Waals surface area contributed by atoms with Crippen molar-refractivity contribution in [3.05, 3.63) is 46.1 Å². The number of pyridine rings is 1. The molecule has 2 atom stereocenters. The van der Waals surface area contributed by atoms with Gasteiger partial charge >= 0.3 is 6.09 Å². The number of carbonyl (C=O) groups excluding carboxylic acids is 2. The van der Waals surface area contributed by atoms with Crippen molar-refractivity contribution < 1.29 is 14.3 Å². The molecule has 3 rings (SSSR count). The summed E-state index contributed by atoms with van der Waals surface area (Å²) in [5, 5.41) is 13.3. The minimum atomic E-state index is -0.277. The number of thiophene rings is 1. The van der Waals surface area contributed by atoms with Crippen molar-refractivity contribution in [1.29, 1.82) is 5.26 Å². The molecule has 0 bridgehead atoms. The quantitative estimate of drug-likeness (QED) is 0.622.